The third-order valence-corrected chi connectivity index (χ3v) is 2.96. The first-order chi connectivity index (χ1) is 7.62. The molecule has 1 aromatic rings. The van der Waals surface area contributed by atoms with Crippen molar-refractivity contribution >= 4 is 11.6 Å². The predicted molar refractivity (Wildman–Crippen MR) is 65.9 cm³/mol. The Morgan fingerprint density at radius 3 is 2.44 bits per heavy atom. The van der Waals surface area contributed by atoms with Crippen LogP contribution in [0.1, 0.15) is 25.0 Å². The lowest BCUT2D eigenvalue weighted by Crippen LogP contribution is -2.22. The molecule has 0 saturated carbocycles. The maximum atomic E-state index is 13.5. The van der Waals surface area contributed by atoms with E-state index in [-0.39, 0.29) is 11.6 Å². The van der Waals surface area contributed by atoms with E-state index >= 15 is 0 Å². The second-order valence-electron chi connectivity index (χ2n) is 3.72. The van der Waals surface area contributed by atoms with Gasteiger partial charge in [-0.1, -0.05) is 31.5 Å². The Hall–Kier alpha value is -0.640. The van der Waals surface area contributed by atoms with Crippen LogP contribution in [0.25, 0.3) is 0 Å². The molecule has 0 bridgehead atoms. The first-order valence-corrected chi connectivity index (χ1v) is 5.89. The molecule has 0 aliphatic rings. The number of benzene rings is 1. The van der Waals surface area contributed by atoms with E-state index < -0.39 is 5.82 Å². The van der Waals surface area contributed by atoms with Crippen molar-refractivity contribution in [3.63, 3.8) is 0 Å². The molecular formula is C12H18ClFN2. The van der Waals surface area contributed by atoms with E-state index in [2.05, 4.69) is 18.7 Å². The molecule has 0 aliphatic heterocycles. The van der Waals surface area contributed by atoms with E-state index in [0.717, 1.165) is 25.2 Å². The van der Waals surface area contributed by atoms with E-state index in [1.54, 1.807) is 12.1 Å². The van der Waals surface area contributed by atoms with Crippen LogP contribution < -0.4 is 5.73 Å². The molecule has 0 fully saturated rings. The summed E-state index contributed by atoms with van der Waals surface area (Å²) < 4.78 is 13.5. The van der Waals surface area contributed by atoms with Crippen LogP contribution in [0.5, 0.6) is 0 Å². The standard InChI is InChI=1S/C12H18ClFN2/c1-3-16(4-2)8-9-5-10(7-15)12(14)11(13)6-9/h5-6H,3-4,7-8,15H2,1-2H3. The van der Waals surface area contributed by atoms with Crippen LogP contribution in [0.15, 0.2) is 12.1 Å². The summed E-state index contributed by atoms with van der Waals surface area (Å²) in [6.45, 7) is 7.07. The Balaban J connectivity index is 2.93. The molecule has 1 aromatic carbocycles. The van der Waals surface area contributed by atoms with Crippen molar-refractivity contribution in [3.05, 3.63) is 34.1 Å². The smallest absolute Gasteiger partial charge is 0.146 e. The maximum Gasteiger partial charge on any atom is 0.146 e. The van der Waals surface area contributed by atoms with Gasteiger partial charge in [0.2, 0.25) is 0 Å². The fraction of sp³-hybridized carbons (Fsp3) is 0.500. The summed E-state index contributed by atoms with van der Waals surface area (Å²) in [5.41, 5.74) is 6.96. The van der Waals surface area contributed by atoms with Crippen molar-refractivity contribution in [3.8, 4) is 0 Å². The Labute approximate surface area is 101 Å². The van der Waals surface area contributed by atoms with E-state index in [0.29, 0.717) is 5.56 Å². The minimum atomic E-state index is -0.396. The predicted octanol–water partition coefficient (Wildman–Crippen LogP) is 2.78. The Morgan fingerprint density at radius 2 is 1.94 bits per heavy atom. The van der Waals surface area contributed by atoms with Crippen molar-refractivity contribution in [2.75, 3.05) is 13.1 Å². The largest absolute Gasteiger partial charge is 0.326 e. The molecule has 1 rings (SSSR count). The number of nitrogens with two attached hydrogens (primary N) is 1. The van der Waals surface area contributed by atoms with Crippen LogP contribution in [0.2, 0.25) is 5.02 Å². The number of rotatable bonds is 5. The van der Waals surface area contributed by atoms with Gasteiger partial charge in [0.25, 0.3) is 0 Å². The van der Waals surface area contributed by atoms with Gasteiger partial charge in [-0.05, 0) is 24.7 Å². The number of nitrogens with zero attached hydrogens (tertiary/aromatic N) is 1. The molecular weight excluding hydrogens is 227 g/mol. The molecule has 0 saturated heterocycles. The van der Waals surface area contributed by atoms with Gasteiger partial charge < -0.3 is 5.73 Å². The quantitative estimate of drug-likeness (QED) is 0.863. The lowest BCUT2D eigenvalue weighted by Gasteiger charge is -2.18. The third-order valence-electron chi connectivity index (χ3n) is 2.68. The van der Waals surface area contributed by atoms with Crippen LogP contribution in [-0.4, -0.2) is 18.0 Å². The lowest BCUT2D eigenvalue weighted by molar-refractivity contribution is 0.295. The van der Waals surface area contributed by atoms with Crippen molar-refractivity contribution in [2.24, 2.45) is 5.73 Å². The Morgan fingerprint density at radius 1 is 1.31 bits per heavy atom. The zero-order valence-corrected chi connectivity index (χ0v) is 10.5. The highest BCUT2D eigenvalue weighted by Crippen LogP contribution is 2.21. The summed E-state index contributed by atoms with van der Waals surface area (Å²) >= 11 is 5.82. The monoisotopic (exact) mass is 244 g/mol. The molecule has 0 atom stereocenters. The second-order valence-corrected chi connectivity index (χ2v) is 4.12. The average molecular weight is 245 g/mol. The highest BCUT2D eigenvalue weighted by atomic mass is 35.5. The zero-order chi connectivity index (χ0) is 12.1. The van der Waals surface area contributed by atoms with Crippen molar-refractivity contribution in [2.45, 2.75) is 26.9 Å². The first-order valence-electron chi connectivity index (χ1n) is 5.51. The molecule has 0 aromatic heterocycles. The number of hydrogen-bond acceptors (Lipinski definition) is 2. The molecule has 2 nitrogen and oxygen atoms in total. The van der Waals surface area contributed by atoms with Gasteiger partial charge in [0, 0.05) is 18.7 Å². The average Bonchev–Trinajstić information content (AvgIpc) is 2.30. The van der Waals surface area contributed by atoms with Crippen molar-refractivity contribution in [1.82, 2.24) is 4.90 Å². The minimum Gasteiger partial charge on any atom is -0.326 e. The Bertz CT molecular complexity index is 351. The van der Waals surface area contributed by atoms with Gasteiger partial charge in [-0.2, -0.15) is 0 Å². The molecule has 0 aliphatic carbocycles. The van der Waals surface area contributed by atoms with Gasteiger partial charge in [0.15, 0.2) is 0 Å². The summed E-state index contributed by atoms with van der Waals surface area (Å²) in [6, 6.07) is 3.47. The second kappa shape index (κ2) is 6.18. The summed E-state index contributed by atoms with van der Waals surface area (Å²) in [7, 11) is 0. The van der Waals surface area contributed by atoms with Crippen molar-refractivity contribution in [1.29, 1.82) is 0 Å². The summed E-state index contributed by atoms with van der Waals surface area (Å²) in [6.07, 6.45) is 0. The summed E-state index contributed by atoms with van der Waals surface area (Å²) in [4.78, 5) is 2.24. The molecule has 0 spiro atoms. The number of halogens is 2. The molecule has 2 N–H and O–H groups in total. The summed E-state index contributed by atoms with van der Waals surface area (Å²) in [5.74, 6) is -0.396. The van der Waals surface area contributed by atoms with Gasteiger partial charge in [-0.15, -0.1) is 0 Å². The number of hydrogen-bond donors (Lipinski definition) is 1. The van der Waals surface area contributed by atoms with Crippen LogP contribution in [0.3, 0.4) is 0 Å². The van der Waals surface area contributed by atoms with Gasteiger partial charge in [-0.25, -0.2) is 4.39 Å². The van der Waals surface area contributed by atoms with Crippen LogP contribution in [0, 0.1) is 5.82 Å². The van der Waals surface area contributed by atoms with Gasteiger partial charge in [-0.3, -0.25) is 4.90 Å². The first kappa shape index (κ1) is 13.4. The highest BCUT2D eigenvalue weighted by Gasteiger charge is 2.09. The molecule has 0 unspecified atom stereocenters. The molecule has 0 heterocycles. The van der Waals surface area contributed by atoms with Gasteiger partial charge >= 0.3 is 0 Å². The van der Waals surface area contributed by atoms with Crippen molar-refractivity contribution < 1.29 is 4.39 Å². The maximum absolute atomic E-state index is 13.5. The molecule has 90 valence electrons. The lowest BCUT2D eigenvalue weighted by atomic mass is 10.1. The Kier molecular flexibility index (Phi) is 5.19. The third kappa shape index (κ3) is 3.17. The van der Waals surface area contributed by atoms with E-state index in [1.165, 1.54) is 0 Å². The molecule has 16 heavy (non-hydrogen) atoms. The van der Waals surface area contributed by atoms with Crippen LogP contribution in [-0.2, 0) is 13.1 Å². The van der Waals surface area contributed by atoms with Gasteiger partial charge in [0.05, 0.1) is 5.02 Å². The van der Waals surface area contributed by atoms with Crippen LogP contribution >= 0.6 is 11.6 Å². The fourth-order valence-electron chi connectivity index (χ4n) is 1.65. The molecule has 0 radical (unpaired) electrons. The van der Waals surface area contributed by atoms with E-state index in [1.807, 2.05) is 0 Å². The molecule has 0 amide bonds. The normalized spacial score (nSPS) is 11.1. The van der Waals surface area contributed by atoms with Crippen LogP contribution in [0.4, 0.5) is 4.39 Å². The zero-order valence-electron chi connectivity index (χ0n) is 9.76. The SMILES string of the molecule is CCN(CC)Cc1cc(Cl)c(F)c(CN)c1. The fourth-order valence-corrected chi connectivity index (χ4v) is 1.92. The topological polar surface area (TPSA) is 29.3 Å². The van der Waals surface area contributed by atoms with E-state index in [4.69, 9.17) is 17.3 Å². The highest BCUT2D eigenvalue weighted by molar-refractivity contribution is 6.30. The van der Waals surface area contributed by atoms with Gasteiger partial charge in [0.1, 0.15) is 5.82 Å². The minimum absolute atomic E-state index is 0.158. The summed E-state index contributed by atoms with van der Waals surface area (Å²) in [5, 5.41) is 0.158. The van der Waals surface area contributed by atoms with E-state index in [9.17, 15) is 4.39 Å². The molecule has 4 heteroatoms.